The van der Waals surface area contributed by atoms with Crippen molar-refractivity contribution in [3.8, 4) is 11.5 Å². The normalized spacial score (nSPS) is 26.5. The van der Waals surface area contributed by atoms with Crippen molar-refractivity contribution in [1.82, 2.24) is 9.80 Å². The molecule has 1 aliphatic rings. The highest BCUT2D eigenvalue weighted by Gasteiger charge is 2.21. The minimum atomic E-state index is -3.15. The van der Waals surface area contributed by atoms with Crippen LogP contribution < -0.4 is 9.47 Å². The summed E-state index contributed by atoms with van der Waals surface area (Å²) in [6.45, 7) is -11.0. The van der Waals surface area contributed by atoms with Gasteiger partial charge in [-0.05, 0) is 42.7 Å². The number of piperazine rings is 1. The van der Waals surface area contributed by atoms with Crippen molar-refractivity contribution in [2.75, 3.05) is 52.8 Å². The number of ketones is 1. The first-order valence-corrected chi connectivity index (χ1v) is 10.0. The van der Waals surface area contributed by atoms with Crippen molar-refractivity contribution in [2.24, 2.45) is 0 Å². The average molecular weight is 435 g/mol. The Morgan fingerprint density at radius 2 is 1.65 bits per heavy atom. The first kappa shape index (κ1) is 14.6. The van der Waals surface area contributed by atoms with Crippen molar-refractivity contribution < 1.29 is 30.3 Å². The van der Waals surface area contributed by atoms with E-state index in [9.17, 15) is 9.90 Å². The predicted molar refractivity (Wildman–Crippen MR) is 122 cm³/mol. The Balaban J connectivity index is 1.83. The highest BCUT2D eigenvalue weighted by Crippen LogP contribution is 2.25. The fourth-order valence-electron chi connectivity index (χ4n) is 3.21. The van der Waals surface area contributed by atoms with Crippen LogP contribution in [0, 0.1) is 13.8 Å². The number of ether oxygens (including phenoxy) is 2. The van der Waals surface area contributed by atoms with Gasteiger partial charge in [-0.1, -0.05) is 30.3 Å². The van der Waals surface area contributed by atoms with Crippen molar-refractivity contribution in [3.63, 3.8) is 0 Å². The summed E-state index contributed by atoms with van der Waals surface area (Å²) in [4.78, 5) is 13.6. The smallest absolute Gasteiger partial charge is 0.161 e. The average Bonchev–Trinajstić information content (AvgIpc) is 2.85. The van der Waals surface area contributed by atoms with Gasteiger partial charge < -0.3 is 14.6 Å². The number of nitrogens with zero attached hydrogens (tertiary/aromatic N) is 2. The number of hydrogen-bond donors (Lipinski definition) is 1. The minimum Gasteiger partial charge on any atom is -0.493 e. The highest BCUT2D eigenvalue weighted by atomic mass is 16.5. The summed E-state index contributed by atoms with van der Waals surface area (Å²) in [6.07, 6.45) is -1.67. The Kier molecular flexibility index (Phi) is 5.32. The fourth-order valence-corrected chi connectivity index (χ4v) is 3.21. The van der Waals surface area contributed by atoms with Crippen molar-refractivity contribution in [1.29, 1.82) is 0 Å². The number of aliphatic hydroxyl groups excluding tert-OH is 1. The minimum absolute atomic E-state index is 0.143. The maximum absolute atomic E-state index is 13.0. The van der Waals surface area contributed by atoms with Gasteiger partial charge in [0.1, 0.15) is 12.7 Å². The summed E-state index contributed by atoms with van der Waals surface area (Å²) >= 11 is 0. The molecule has 3 rings (SSSR count). The van der Waals surface area contributed by atoms with Crippen LogP contribution in [0.4, 0.5) is 0 Å². The van der Waals surface area contributed by atoms with Crippen LogP contribution in [0.25, 0.3) is 0 Å². The largest absolute Gasteiger partial charge is 0.493 e. The Morgan fingerprint density at radius 1 is 1.03 bits per heavy atom. The SMILES string of the molecule is [2H]C1([2H])N(CC(=O)Cc2c(C)cccc2C)C([2H])([2H])C([2H])([2H])N(CC(O)COc2ccccc2OC)C1([2H])[2H]. The van der Waals surface area contributed by atoms with E-state index in [0.717, 1.165) is 11.1 Å². The van der Waals surface area contributed by atoms with E-state index in [4.69, 9.17) is 20.4 Å². The van der Waals surface area contributed by atoms with Crippen LogP contribution in [0.1, 0.15) is 27.7 Å². The molecule has 31 heavy (non-hydrogen) atoms. The number of carbonyl (C=O) groups is 1. The van der Waals surface area contributed by atoms with Gasteiger partial charge in [0.25, 0.3) is 0 Å². The zero-order valence-corrected chi connectivity index (χ0v) is 18.0. The highest BCUT2D eigenvalue weighted by molar-refractivity contribution is 5.83. The molecule has 1 atom stereocenters. The molecule has 0 aliphatic carbocycles. The van der Waals surface area contributed by atoms with Gasteiger partial charge in [-0.2, -0.15) is 0 Å². The van der Waals surface area contributed by atoms with E-state index in [1.807, 2.05) is 32.0 Å². The molecule has 1 fully saturated rings. The van der Waals surface area contributed by atoms with Crippen LogP contribution in [0.2, 0.25) is 0 Å². The number of carbonyl (C=O) groups excluding carboxylic acids is 1. The lowest BCUT2D eigenvalue weighted by Gasteiger charge is -2.35. The molecule has 2 aromatic rings. The summed E-state index contributed by atoms with van der Waals surface area (Å²) in [5.74, 6) is 0.0654. The van der Waals surface area contributed by atoms with Gasteiger partial charge in [-0.25, -0.2) is 0 Å². The van der Waals surface area contributed by atoms with E-state index in [1.165, 1.54) is 7.11 Å². The number of rotatable bonds is 10. The topological polar surface area (TPSA) is 62.2 Å². The Bertz CT molecular complexity index is 1150. The summed E-state index contributed by atoms with van der Waals surface area (Å²) in [6, 6.07) is 12.0. The van der Waals surface area contributed by atoms with Gasteiger partial charge in [-0.3, -0.25) is 14.6 Å². The molecule has 6 heteroatoms. The molecular formula is C25H34N2O4. The molecule has 0 aromatic heterocycles. The summed E-state index contributed by atoms with van der Waals surface area (Å²) < 4.78 is 78.9. The number of methoxy groups -OCH3 is 1. The Labute approximate surface area is 196 Å². The van der Waals surface area contributed by atoms with Crippen LogP contribution in [-0.4, -0.2) is 79.6 Å². The standard InChI is InChI=1S/C25H34N2O4/c1-19-7-6-8-20(2)23(19)15-21(28)16-26-11-13-27(14-12-26)17-22(29)18-31-25-10-5-4-9-24(25)30-3/h4-10,22,29H,11-18H2,1-3H3/i11D2,12D2,13D2,14D2. The molecule has 6 nitrogen and oxygen atoms in total. The lowest BCUT2D eigenvalue weighted by molar-refractivity contribution is -0.120. The van der Waals surface area contributed by atoms with E-state index in [0.29, 0.717) is 21.1 Å². The van der Waals surface area contributed by atoms with Crippen molar-refractivity contribution in [3.05, 3.63) is 59.2 Å². The lowest BCUT2D eigenvalue weighted by atomic mass is 9.98. The third kappa shape index (κ3) is 6.79. The molecule has 1 saturated heterocycles. The maximum atomic E-state index is 13.0. The first-order valence-electron chi connectivity index (χ1n) is 14.0. The predicted octanol–water partition coefficient (Wildman–Crippen LogP) is 2.48. The molecule has 1 aliphatic heterocycles. The lowest BCUT2D eigenvalue weighted by Crippen LogP contribution is -2.50. The summed E-state index contributed by atoms with van der Waals surface area (Å²) in [7, 11) is 1.43. The van der Waals surface area contributed by atoms with E-state index in [2.05, 4.69) is 0 Å². The van der Waals surface area contributed by atoms with Gasteiger partial charge in [0.15, 0.2) is 17.3 Å². The van der Waals surface area contributed by atoms with E-state index < -0.39 is 57.6 Å². The Morgan fingerprint density at radius 3 is 2.29 bits per heavy atom. The third-order valence-electron chi connectivity index (χ3n) is 4.89. The van der Waals surface area contributed by atoms with Crippen LogP contribution in [0.15, 0.2) is 42.5 Å². The molecule has 0 saturated carbocycles. The molecule has 168 valence electrons. The monoisotopic (exact) mass is 434 g/mol. The first-order chi connectivity index (χ1) is 18.0. The van der Waals surface area contributed by atoms with Crippen LogP contribution >= 0.6 is 0 Å². The molecular weight excluding hydrogens is 392 g/mol. The van der Waals surface area contributed by atoms with Crippen LogP contribution in [-0.2, 0) is 11.2 Å². The van der Waals surface area contributed by atoms with Gasteiger partial charge in [0.05, 0.1) is 13.7 Å². The number of aliphatic hydroxyl groups is 1. The zero-order chi connectivity index (χ0) is 29.4. The number of Topliss-reactive ketones (excluding diaryl/α,β-unsaturated/α-hetero) is 1. The summed E-state index contributed by atoms with van der Waals surface area (Å²) in [5, 5.41) is 10.6. The Hall–Kier alpha value is -2.41. The molecule has 1 heterocycles. The fraction of sp³-hybridized carbons (Fsp3) is 0.480. The second-order valence-electron chi connectivity index (χ2n) is 7.35. The maximum Gasteiger partial charge on any atom is 0.161 e. The van der Waals surface area contributed by atoms with Gasteiger partial charge in [0, 0.05) is 49.9 Å². The molecule has 2 aromatic carbocycles. The summed E-state index contributed by atoms with van der Waals surface area (Å²) in [5.41, 5.74) is 2.36. The molecule has 0 radical (unpaired) electrons. The molecule has 1 N–H and O–H groups in total. The van der Waals surface area contributed by atoms with E-state index in [1.54, 1.807) is 24.3 Å². The number of β-amino-alcohol motifs (C(OH)–C–C–N with tert-alkyl or cyclic N) is 1. The number of benzene rings is 2. The zero-order valence-electron chi connectivity index (χ0n) is 26.0. The van der Waals surface area contributed by atoms with Gasteiger partial charge >= 0.3 is 0 Å². The van der Waals surface area contributed by atoms with Crippen molar-refractivity contribution in [2.45, 2.75) is 26.4 Å². The third-order valence-corrected chi connectivity index (χ3v) is 4.89. The molecule has 0 bridgehead atoms. The van der Waals surface area contributed by atoms with Crippen LogP contribution in [0.5, 0.6) is 11.5 Å². The van der Waals surface area contributed by atoms with Gasteiger partial charge in [0.2, 0.25) is 0 Å². The number of hydrogen-bond acceptors (Lipinski definition) is 6. The number of para-hydroxylation sites is 2. The van der Waals surface area contributed by atoms with Crippen molar-refractivity contribution >= 4 is 5.78 Å². The second-order valence-corrected chi connectivity index (χ2v) is 7.35. The number of aryl methyl sites for hydroxylation is 2. The van der Waals surface area contributed by atoms with Gasteiger partial charge in [-0.15, -0.1) is 0 Å². The second kappa shape index (κ2) is 11.3. The quantitative estimate of drug-likeness (QED) is 0.620. The van der Waals surface area contributed by atoms with E-state index >= 15 is 0 Å². The molecule has 0 spiro atoms. The van der Waals surface area contributed by atoms with Crippen LogP contribution in [0.3, 0.4) is 0 Å². The van der Waals surface area contributed by atoms with E-state index in [-0.39, 0.29) is 12.2 Å². The molecule has 1 unspecified atom stereocenters. The molecule has 0 amide bonds.